The summed E-state index contributed by atoms with van der Waals surface area (Å²) in [5.41, 5.74) is 1.15. The largest absolute Gasteiger partial charge is 0.336 e. The molecule has 1 saturated carbocycles. The van der Waals surface area contributed by atoms with Gasteiger partial charge in [-0.25, -0.2) is 0 Å². The van der Waals surface area contributed by atoms with Crippen molar-refractivity contribution in [1.82, 2.24) is 9.88 Å². The lowest BCUT2D eigenvalue weighted by Gasteiger charge is -2.17. The number of halogens is 2. The molecule has 2 unspecified atom stereocenters. The Bertz CT molecular complexity index is 373. The van der Waals surface area contributed by atoms with Crippen LogP contribution in [0.4, 0.5) is 0 Å². The molecule has 90 valence electrons. The Kier molecular flexibility index (Phi) is 3.83. The molecule has 2 nitrogen and oxygen atoms in total. The topological polar surface area (TPSA) is 17.0 Å². The molecule has 2 rings (SSSR count). The van der Waals surface area contributed by atoms with Gasteiger partial charge in [0.25, 0.3) is 0 Å². The van der Waals surface area contributed by atoms with Crippen LogP contribution in [0.2, 0.25) is 10.2 Å². The fraction of sp³-hybridized carbons (Fsp3) is 0.667. The number of nitrogens with one attached hydrogen (secondary N) is 1. The Morgan fingerprint density at radius 3 is 2.69 bits per heavy atom. The van der Waals surface area contributed by atoms with Crippen molar-refractivity contribution < 1.29 is 0 Å². The molecule has 16 heavy (non-hydrogen) atoms. The molecule has 4 heteroatoms. The van der Waals surface area contributed by atoms with Crippen molar-refractivity contribution in [2.24, 2.45) is 13.0 Å². The highest BCUT2D eigenvalue weighted by Gasteiger charge is 2.22. The summed E-state index contributed by atoms with van der Waals surface area (Å²) in [6.07, 6.45) is 3.97. The minimum atomic E-state index is 0.623. The molecule has 0 spiro atoms. The van der Waals surface area contributed by atoms with Crippen molar-refractivity contribution in [3.63, 3.8) is 0 Å². The third-order valence-electron chi connectivity index (χ3n) is 3.62. The van der Waals surface area contributed by atoms with Gasteiger partial charge in [-0.1, -0.05) is 36.5 Å². The van der Waals surface area contributed by atoms with Gasteiger partial charge in [0, 0.05) is 25.3 Å². The van der Waals surface area contributed by atoms with Crippen molar-refractivity contribution >= 4 is 23.2 Å². The van der Waals surface area contributed by atoms with Gasteiger partial charge in [0.2, 0.25) is 0 Å². The van der Waals surface area contributed by atoms with E-state index in [1.54, 1.807) is 0 Å². The van der Waals surface area contributed by atoms with Gasteiger partial charge in [-0.3, -0.25) is 0 Å². The van der Waals surface area contributed by atoms with E-state index < -0.39 is 0 Å². The van der Waals surface area contributed by atoms with Crippen LogP contribution in [0.3, 0.4) is 0 Å². The van der Waals surface area contributed by atoms with Crippen molar-refractivity contribution in [2.45, 2.75) is 38.8 Å². The van der Waals surface area contributed by atoms with Crippen LogP contribution in [0.5, 0.6) is 0 Å². The van der Waals surface area contributed by atoms with Crippen molar-refractivity contribution in [3.05, 3.63) is 21.9 Å². The molecular weight excluding hydrogens is 243 g/mol. The fourth-order valence-electron chi connectivity index (χ4n) is 2.44. The third-order valence-corrected chi connectivity index (χ3v) is 4.46. The SMILES string of the molecule is CC1CCCC1NCc1cc(Cl)c(Cl)n1C. The number of aromatic nitrogens is 1. The molecule has 0 bridgehead atoms. The normalized spacial score (nSPS) is 25.2. The number of hydrogen-bond donors (Lipinski definition) is 1. The molecule has 0 aromatic carbocycles. The first-order chi connectivity index (χ1) is 7.59. The van der Waals surface area contributed by atoms with E-state index in [9.17, 15) is 0 Å². The molecule has 0 radical (unpaired) electrons. The summed E-state index contributed by atoms with van der Waals surface area (Å²) >= 11 is 12.0. The van der Waals surface area contributed by atoms with Gasteiger partial charge in [-0.05, 0) is 24.8 Å². The standard InChI is InChI=1S/C12H18Cl2N2/c1-8-4-3-5-11(8)15-7-9-6-10(13)12(14)16(9)2/h6,8,11,15H,3-5,7H2,1-2H3. The summed E-state index contributed by atoms with van der Waals surface area (Å²) < 4.78 is 1.94. The second-order valence-electron chi connectivity index (χ2n) is 4.73. The van der Waals surface area contributed by atoms with Crippen molar-refractivity contribution in [3.8, 4) is 0 Å². The van der Waals surface area contributed by atoms with Gasteiger partial charge >= 0.3 is 0 Å². The highest BCUT2D eigenvalue weighted by atomic mass is 35.5. The smallest absolute Gasteiger partial charge is 0.127 e. The van der Waals surface area contributed by atoms with Crippen LogP contribution in [-0.4, -0.2) is 10.6 Å². The van der Waals surface area contributed by atoms with Crippen molar-refractivity contribution in [2.75, 3.05) is 0 Å². The first kappa shape index (κ1) is 12.3. The predicted molar refractivity (Wildman–Crippen MR) is 69.1 cm³/mol. The van der Waals surface area contributed by atoms with Gasteiger partial charge < -0.3 is 9.88 Å². The highest BCUT2D eigenvalue weighted by molar-refractivity contribution is 6.41. The molecule has 1 aliphatic carbocycles. The molecule has 1 fully saturated rings. The Labute approximate surface area is 107 Å². The zero-order valence-corrected chi connectivity index (χ0v) is 11.3. The van der Waals surface area contributed by atoms with Crippen LogP contribution >= 0.6 is 23.2 Å². The zero-order chi connectivity index (χ0) is 11.7. The predicted octanol–water partition coefficient (Wildman–Crippen LogP) is 3.61. The average molecular weight is 261 g/mol. The van der Waals surface area contributed by atoms with E-state index in [1.165, 1.54) is 19.3 Å². The van der Waals surface area contributed by atoms with Gasteiger partial charge in [0.15, 0.2) is 0 Å². The first-order valence-corrected chi connectivity index (χ1v) is 6.58. The second kappa shape index (κ2) is 4.99. The van der Waals surface area contributed by atoms with Crippen LogP contribution in [0, 0.1) is 5.92 Å². The van der Waals surface area contributed by atoms with E-state index >= 15 is 0 Å². The molecule has 0 saturated heterocycles. The Morgan fingerprint density at radius 1 is 1.44 bits per heavy atom. The zero-order valence-electron chi connectivity index (χ0n) is 9.76. The van der Waals surface area contributed by atoms with E-state index in [1.807, 2.05) is 17.7 Å². The van der Waals surface area contributed by atoms with E-state index in [4.69, 9.17) is 23.2 Å². The molecule has 2 atom stereocenters. The molecule has 1 N–H and O–H groups in total. The van der Waals surface area contributed by atoms with E-state index in [0.29, 0.717) is 16.2 Å². The first-order valence-electron chi connectivity index (χ1n) is 5.82. The van der Waals surface area contributed by atoms with E-state index in [2.05, 4.69) is 12.2 Å². The van der Waals surface area contributed by atoms with Gasteiger partial charge in [0.1, 0.15) is 5.15 Å². The monoisotopic (exact) mass is 260 g/mol. The Hall–Kier alpha value is -0.180. The summed E-state index contributed by atoms with van der Waals surface area (Å²) in [6, 6.07) is 2.59. The van der Waals surface area contributed by atoms with Crippen LogP contribution in [0.1, 0.15) is 31.9 Å². The average Bonchev–Trinajstić information content (AvgIpc) is 2.76. The fourth-order valence-corrected chi connectivity index (χ4v) is 2.86. The van der Waals surface area contributed by atoms with Crippen LogP contribution in [0.15, 0.2) is 6.07 Å². The number of nitrogens with zero attached hydrogens (tertiary/aromatic N) is 1. The molecule has 1 aromatic heterocycles. The van der Waals surface area contributed by atoms with Gasteiger partial charge in [0.05, 0.1) is 5.02 Å². The van der Waals surface area contributed by atoms with Crippen molar-refractivity contribution in [1.29, 1.82) is 0 Å². The maximum absolute atomic E-state index is 6.03. The summed E-state index contributed by atoms with van der Waals surface area (Å²) in [5.74, 6) is 0.784. The van der Waals surface area contributed by atoms with Crippen LogP contribution in [-0.2, 0) is 13.6 Å². The molecule has 1 aliphatic rings. The van der Waals surface area contributed by atoms with E-state index in [-0.39, 0.29) is 0 Å². The van der Waals surface area contributed by atoms with E-state index in [0.717, 1.165) is 18.2 Å². The minimum absolute atomic E-state index is 0.623. The lowest BCUT2D eigenvalue weighted by Crippen LogP contribution is -2.31. The highest BCUT2D eigenvalue weighted by Crippen LogP contribution is 2.27. The summed E-state index contributed by atoms with van der Waals surface area (Å²) in [4.78, 5) is 0. The Balaban J connectivity index is 1.96. The lowest BCUT2D eigenvalue weighted by atomic mass is 10.1. The van der Waals surface area contributed by atoms with Gasteiger partial charge in [-0.15, -0.1) is 0 Å². The summed E-state index contributed by atoms with van der Waals surface area (Å²) in [7, 11) is 1.95. The number of rotatable bonds is 3. The second-order valence-corrected chi connectivity index (χ2v) is 5.49. The Morgan fingerprint density at radius 2 is 2.19 bits per heavy atom. The third kappa shape index (κ3) is 2.39. The quantitative estimate of drug-likeness (QED) is 0.879. The summed E-state index contributed by atoms with van der Waals surface area (Å²) in [6.45, 7) is 3.16. The molecular formula is C12H18Cl2N2. The van der Waals surface area contributed by atoms with Crippen LogP contribution in [0.25, 0.3) is 0 Å². The maximum atomic E-state index is 6.03. The minimum Gasteiger partial charge on any atom is -0.336 e. The molecule has 1 heterocycles. The lowest BCUT2D eigenvalue weighted by molar-refractivity contribution is 0.421. The maximum Gasteiger partial charge on any atom is 0.127 e. The summed E-state index contributed by atoms with van der Waals surface area (Å²) in [5, 5.41) is 4.85. The molecule has 1 aromatic rings. The molecule has 0 amide bonds. The number of hydrogen-bond acceptors (Lipinski definition) is 1. The van der Waals surface area contributed by atoms with Gasteiger partial charge in [-0.2, -0.15) is 0 Å². The van der Waals surface area contributed by atoms with Crippen LogP contribution < -0.4 is 5.32 Å². The molecule has 0 aliphatic heterocycles.